The van der Waals surface area contributed by atoms with Crippen molar-refractivity contribution in [1.29, 1.82) is 5.26 Å². The highest BCUT2D eigenvalue weighted by atomic mass is 16.2. The van der Waals surface area contributed by atoms with Crippen molar-refractivity contribution < 1.29 is 4.79 Å². The standard InChI is InChI=1S/C23H28N4O2/c1-15(2)21-19(9-10-20(28)27-21)17-7-5-16(6-8-17)13-18(14-24)26-22(29)23(25)11-3-4-12-23/h5-10,15,18H,3-4,11-13,25H2,1-2H3,(H,26,29)(H,27,28)/t18-/m0/s1. The van der Waals surface area contributed by atoms with Crippen molar-refractivity contribution in [3.63, 3.8) is 0 Å². The number of hydrogen-bond donors (Lipinski definition) is 3. The fraction of sp³-hybridized carbons (Fsp3) is 0.435. The first-order chi connectivity index (χ1) is 13.8. The lowest BCUT2D eigenvalue weighted by Crippen LogP contribution is -2.54. The van der Waals surface area contributed by atoms with Gasteiger partial charge in [-0.1, -0.05) is 51.0 Å². The van der Waals surface area contributed by atoms with Gasteiger partial charge in [-0.2, -0.15) is 5.26 Å². The van der Waals surface area contributed by atoms with Gasteiger partial charge in [0, 0.05) is 23.7 Å². The van der Waals surface area contributed by atoms with Crippen molar-refractivity contribution in [3.8, 4) is 17.2 Å². The molecular formula is C23H28N4O2. The Hall–Kier alpha value is -2.91. The molecule has 0 saturated heterocycles. The first-order valence-electron chi connectivity index (χ1n) is 10.1. The van der Waals surface area contributed by atoms with E-state index in [9.17, 15) is 14.9 Å². The molecule has 2 aromatic rings. The third-order valence-electron chi connectivity index (χ3n) is 5.64. The Kier molecular flexibility index (Phi) is 6.19. The molecule has 0 unspecified atom stereocenters. The zero-order chi connectivity index (χ0) is 21.0. The minimum absolute atomic E-state index is 0.110. The highest BCUT2D eigenvalue weighted by Gasteiger charge is 2.37. The highest BCUT2D eigenvalue weighted by molar-refractivity contribution is 5.86. The van der Waals surface area contributed by atoms with Crippen molar-refractivity contribution in [2.75, 3.05) is 0 Å². The third-order valence-corrected chi connectivity index (χ3v) is 5.64. The maximum atomic E-state index is 12.5. The van der Waals surface area contributed by atoms with Crippen LogP contribution >= 0.6 is 0 Å². The number of pyridine rings is 1. The summed E-state index contributed by atoms with van der Waals surface area (Å²) in [5.41, 5.74) is 9.08. The van der Waals surface area contributed by atoms with Crippen LogP contribution in [0.2, 0.25) is 0 Å². The number of aromatic nitrogens is 1. The smallest absolute Gasteiger partial charge is 0.248 e. The number of carbonyl (C=O) groups is 1. The fourth-order valence-corrected chi connectivity index (χ4v) is 3.92. The van der Waals surface area contributed by atoms with Gasteiger partial charge >= 0.3 is 0 Å². The van der Waals surface area contributed by atoms with Crippen molar-refractivity contribution in [2.45, 2.75) is 63.5 Å². The molecule has 1 aromatic carbocycles. The number of nitriles is 1. The van der Waals surface area contributed by atoms with E-state index in [0.29, 0.717) is 19.3 Å². The van der Waals surface area contributed by atoms with Crippen LogP contribution in [0.3, 0.4) is 0 Å². The molecule has 1 aliphatic carbocycles. The first-order valence-corrected chi connectivity index (χ1v) is 10.1. The summed E-state index contributed by atoms with van der Waals surface area (Å²) >= 11 is 0. The van der Waals surface area contributed by atoms with Crippen molar-refractivity contribution >= 4 is 5.91 Å². The summed E-state index contributed by atoms with van der Waals surface area (Å²) in [7, 11) is 0. The number of carbonyl (C=O) groups excluding carboxylic acids is 1. The average Bonchev–Trinajstić information content (AvgIpc) is 3.16. The number of H-pyrrole nitrogens is 1. The molecule has 0 radical (unpaired) electrons. The Balaban J connectivity index is 1.72. The van der Waals surface area contributed by atoms with Crippen LogP contribution in [-0.2, 0) is 11.2 Å². The maximum absolute atomic E-state index is 12.5. The van der Waals surface area contributed by atoms with Crippen LogP contribution in [0.25, 0.3) is 11.1 Å². The van der Waals surface area contributed by atoms with Crippen LogP contribution in [0, 0.1) is 11.3 Å². The van der Waals surface area contributed by atoms with E-state index in [2.05, 4.69) is 16.4 Å². The van der Waals surface area contributed by atoms with Gasteiger partial charge in [-0.15, -0.1) is 0 Å². The van der Waals surface area contributed by atoms with Crippen LogP contribution in [0.15, 0.2) is 41.2 Å². The van der Waals surface area contributed by atoms with Crippen LogP contribution in [0.4, 0.5) is 0 Å². The molecular weight excluding hydrogens is 364 g/mol. The predicted molar refractivity (Wildman–Crippen MR) is 113 cm³/mol. The molecule has 4 N–H and O–H groups in total. The summed E-state index contributed by atoms with van der Waals surface area (Å²) in [5, 5.41) is 12.3. The second-order valence-electron chi connectivity index (χ2n) is 8.22. The second kappa shape index (κ2) is 8.62. The van der Waals surface area contributed by atoms with Crippen molar-refractivity contribution in [3.05, 3.63) is 58.0 Å². The van der Waals surface area contributed by atoms with Gasteiger partial charge in [-0.3, -0.25) is 9.59 Å². The van der Waals surface area contributed by atoms with Crippen molar-refractivity contribution in [1.82, 2.24) is 10.3 Å². The molecule has 1 aromatic heterocycles. The summed E-state index contributed by atoms with van der Waals surface area (Å²) < 4.78 is 0. The van der Waals surface area contributed by atoms with Gasteiger partial charge < -0.3 is 16.0 Å². The molecule has 3 rings (SSSR count). The van der Waals surface area contributed by atoms with Crippen LogP contribution in [-0.4, -0.2) is 22.5 Å². The van der Waals surface area contributed by atoms with Crippen LogP contribution in [0.5, 0.6) is 0 Å². The third kappa shape index (κ3) is 4.75. The number of nitrogens with zero attached hydrogens (tertiary/aromatic N) is 1. The largest absolute Gasteiger partial charge is 0.338 e. The molecule has 1 heterocycles. The van der Waals surface area contributed by atoms with Gasteiger partial charge in [0.1, 0.15) is 6.04 Å². The SMILES string of the molecule is CC(C)c1[nH]c(=O)ccc1-c1ccc(C[C@@H](C#N)NC(=O)C2(N)CCCC2)cc1. The molecule has 1 aliphatic rings. The Labute approximate surface area is 171 Å². The maximum Gasteiger partial charge on any atom is 0.248 e. The Morgan fingerprint density at radius 2 is 1.86 bits per heavy atom. The lowest BCUT2D eigenvalue weighted by atomic mass is 9.95. The fourth-order valence-electron chi connectivity index (χ4n) is 3.92. The molecule has 29 heavy (non-hydrogen) atoms. The highest BCUT2D eigenvalue weighted by Crippen LogP contribution is 2.28. The molecule has 0 aliphatic heterocycles. The number of aromatic amines is 1. The van der Waals surface area contributed by atoms with Gasteiger partial charge in [0.2, 0.25) is 11.5 Å². The summed E-state index contributed by atoms with van der Waals surface area (Å²) in [6.45, 7) is 4.08. The summed E-state index contributed by atoms with van der Waals surface area (Å²) in [4.78, 5) is 27.1. The monoisotopic (exact) mass is 392 g/mol. The first kappa shape index (κ1) is 20.8. The van der Waals surface area contributed by atoms with E-state index < -0.39 is 11.6 Å². The molecule has 1 amide bonds. The molecule has 152 valence electrons. The predicted octanol–water partition coefficient (Wildman–Crippen LogP) is 2.99. The van der Waals surface area contributed by atoms with E-state index >= 15 is 0 Å². The average molecular weight is 393 g/mol. The molecule has 1 saturated carbocycles. The molecule has 1 atom stereocenters. The Morgan fingerprint density at radius 1 is 1.21 bits per heavy atom. The second-order valence-corrected chi connectivity index (χ2v) is 8.22. The quantitative estimate of drug-likeness (QED) is 0.701. The topological polar surface area (TPSA) is 112 Å². The molecule has 6 heteroatoms. The van der Waals surface area contributed by atoms with E-state index in [0.717, 1.165) is 35.2 Å². The Morgan fingerprint density at radius 3 is 2.45 bits per heavy atom. The zero-order valence-corrected chi connectivity index (χ0v) is 17.0. The van der Waals surface area contributed by atoms with E-state index in [4.69, 9.17) is 5.73 Å². The number of nitrogens with one attached hydrogen (secondary N) is 2. The summed E-state index contributed by atoms with van der Waals surface area (Å²) in [6.07, 6.45) is 3.66. The van der Waals surface area contributed by atoms with E-state index in [1.165, 1.54) is 6.07 Å². The molecule has 0 spiro atoms. The van der Waals surface area contributed by atoms with Gasteiger partial charge in [-0.05, 0) is 36.0 Å². The van der Waals surface area contributed by atoms with Crippen LogP contribution < -0.4 is 16.6 Å². The van der Waals surface area contributed by atoms with E-state index in [1.54, 1.807) is 0 Å². The number of hydrogen-bond acceptors (Lipinski definition) is 4. The normalized spacial score (nSPS) is 16.4. The molecule has 6 nitrogen and oxygen atoms in total. The number of rotatable bonds is 6. The van der Waals surface area contributed by atoms with Gasteiger partial charge in [0.05, 0.1) is 11.6 Å². The number of nitrogens with two attached hydrogens (primary N) is 1. The van der Waals surface area contributed by atoms with Gasteiger partial charge in [-0.25, -0.2) is 0 Å². The van der Waals surface area contributed by atoms with Crippen LogP contribution in [0.1, 0.15) is 56.7 Å². The van der Waals surface area contributed by atoms with Gasteiger partial charge in [0.15, 0.2) is 0 Å². The summed E-state index contributed by atoms with van der Waals surface area (Å²) in [5.74, 6) is -0.0380. The zero-order valence-electron chi connectivity index (χ0n) is 17.0. The van der Waals surface area contributed by atoms with E-state index in [1.807, 2.05) is 44.2 Å². The molecule has 0 bridgehead atoms. The molecule has 1 fully saturated rings. The number of benzene rings is 1. The van der Waals surface area contributed by atoms with Crippen molar-refractivity contribution in [2.24, 2.45) is 5.73 Å². The van der Waals surface area contributed by atoms with Gasteiger partial charge in [0.25, 0.3) is 0 Å². The van der Waals surface area contributed by atoms with E-state index in [-0.39, 0.29) is 17.4 Å². The minimum Gasteiger partial charge on any atom is -0.338 e. The summed E-state index contributed by atoms with van der Waals surface area (Å²) in [6, 6.07) is 12.8. The minimum atomic E-state index is -0.837. The lowest BCUT2D eigenvalue weighted by molar-refractivity contribution is -0.126. The number of amides is 1. The Bertz CT molecular complexity index is 964. The lowest BCUT2D eigenvalue weighted by Gasteiger charge is -2.24.